The van der Waals surface area contributed by atoms with Crippen molar-refractivity contribution in [3.05, 3.63) is 35.9 Å². The first-order valence-corrected chi connectivity index (χ1v) is 2.74. The molecule has 0 bridgehead atoms. The smallest absolute Gasteiger partial charge is 0.661 e. The molecule has 3 nitrogen and oxygen atoms in total. The predicted octanol–water partition coefficient (Wildman–Crippen LogP) is -0.262. The average Bonchev–Trinajstić information content (AvgIpc) is 2.05. The molecule has 0 aliphatic heterocycles. The molecule has 0 heterocycles. The molecule has 4 heteroatoms. The molecule has 1 aromatic rings. The van der Waals surface area contributed by atoms with Crippen LogP contribution in [0.15, 0.2) is 30.3 Å². The molecule has 11 heavy (non-hydrogen) atoms. The Morgan fingerprint density at radius 1 is 1.27 bits per heavy atom. The molecule has 0 aliphatic carbocycles. The number of carbonyl (C=O) groups is 1. The van der Waals surface area contributed by atoms with Crippen LogP contribution in [0, 0.1) is 0 Å². The molecule has 0 N–H and O–H groups in total. The first-order chi connectivity index (χ1) is 4.84. The van der Waals surface area contributed by atoms with Gasteiger partial charge in [-0.2, -0.15) is 0 Å². The largest absolute Gasteiger partial charge is 1.00 e. The zero-order chi connectivity index (χ0) is 7.40. The van der Waals surface area contributed by atoms with Crippen LogP contribution in [0.1, 0.15) is 10.4 Å². The maximum Gasteiger partial charge on any atom is 1.00 e. The van der Waals surface area contributed by atoms with E-state index in [1.807, 2.05) is 0 Å². The Morgan fingerprint density at radius 3 is 2.27 bits per heavy atom. The molecule has 0 saturated carbocycles. The zero-order valence-corrected chi connectivity index (χ0v) is 7.23. The molecule has 1 rings (SSSR count). The third-order valence-corrected chi connectivity index (χ3v) is 1.09. The van der Waals surface area contributed by atoms with E-state index in [1.165, 1.54) is 12.1 Å². The molecule has 53 valence electrons. The Labute approximate surface area is 80.1 Å². The van der Waals surface area contributed by atoms with Gasteiger partial charge in [-0.25, -0.2) is 4.79 Å². The fourth-order valence-electron chi connectivity index (χ4n) is 0.622. The molecule has 0 aliphatic rings. The summed E-state index contributed by atoms with van der Waals surface area (Å²) < 4.78 is 0. The van der Waals surface area contributed by atoms with E-state index in [9.17, 15) is 10.1 Å². The fourth-order valence-corrected chi connectivity index (χ4v) is 0.622. The van der Waals surface area contributed by atoms with Crippen molar-refractivity contribution in [2.45, 2.75) is 0 Å². The summed E-state index contributed by atoms with van der Waals surface area (Å²) in [6, 6.07) is 8.10. The van der Waals surface area contributed by atoms with Gasteiger partial charge >= 0.3 is 29.0 Å². The van der Waals surface area contributed by atoms with Crippen LogP contribution in [-0.2, 0) is 4.89 Å². The first-order valence-electron chi connectivity index (χ1n) is 2.74. The van der Waals surface area contributed by atoms with Crippen LogP contribution in [0.5, 0.6) is 0 Å². The molecule has 1 aromatic carbocycles. The molecule has 0 fully saturated rings. The average molecular weight is 161 g/mol. The van der Waals surface area contributed by atoms with Crippen molar-refractivity contribution < 1.29 is 14.9 Å². The van der Waals surface area contributed by atoms with Gasteiger partial charge in [-0.15, -0.1) is 0 Å². The Hall–Kier alpha value is -0.584. The van der Waals surface area contributed by atoms with Crippen molar-refractivity contribution in [1.82, 2.24) is 0 Å². The minimum atomic E-state index is -0.847. The molecule has 0 atom stereocenters. The Kier molecular flexibility index (Phi) is 4.85. The van der Waals surface area contributed by atoms with Crippen molar-refractivity contribution in [2.24, 2.45) is 0 Å². The molecular formula is C7H5MgO3. The summed E-state index contributed by atoms with van der Waals surface area (Å²) in [4.78, 5) is 13.7. The molecule has 0 saturated heterocycles. The Morgan fingerprint density at radius 2 is 1.82 bits per heavy atom. The molecule has 0 amide bonds. The van der Waals surface area contributed by atoms with Crippen LogP contribution in [-0.4, -0.2) is 29.0 Å². The van der Waals surface area contributed by atoms with E-state index in [2.05, 4.69) is 4.89 Å². The predicted molar refractivity (Wildman–Crippen MR) is 37.6 cm³/mol. The molecule has 0 unspecified atom stereocenters. The van der Waals surface area contributed by atoms with E-state index in [-0.39, 0.29) is 28.6 Å². The van der Waals surface area contributed by atoms with Gasteiger partial charge in [0.1, 0.15) is 0 Å². The second-order valence-corrected chi connectivity index (χ2v) is 1.74. The van der Waals surface area contributed by atoms with E-state index in [1.54, 1.807) is 18.2 Å². The van der Waals surface area contributed by atoms with Crippen LogP contribution in [0.4, 0.5) is 0 Å². The van der Waals surface area contributed by atoms with Gasteiger partial charge in [0.25, 0.3) is 0 Å². The van der Waals surface area contributed by atoms with Crippen LogP contribution in [0.2, 0.25) is 0 Å². The standard InChI is InChI=1S/C7H6O3.Mg/c8-7(10-9)6-4-2-1-3-5-6;/h1-5,9H;/q;+1/p-1. The monoisotopic (exact) mass is 161 g/mol. The number of rotatable bonds is 1. The van der Waals surface area contributed by atoms with Crippen molar-refractivity contribution in [3.8, 4) is 0 Å². The van der Waals surface area contributed by atoms with Gasteiger partial charge in [0.15, 0.2) is 0 Å². The zero-order valence-electron chi connectivity index (χ0n) is 5.82. The van der Waals surface area contributed by atoms with E-state index >= 15 is 0 Å². The van der Waals surface area contributed by atoms with Gasteiger partial charge in [0.2, 0.25) is 0 Å². The van der Waals surface area contributed by atoms with Crippen LogP contribution in [0.25, 0.3) is 0 Å². The first kappa shape index (κ1) is 10.4. The van der Waals surface area contributed by atoms with Gasteiger partial charge in [0, 0.05) is 0 Å². The quantitative estimate of drug-likeness (QED) is 0.324. The third-order valence-electron chi connectivity index (χ3n) is 1.09. The van der Waals surface area contributed by atoms with Gasteiger partial charge in [0.05, 0.1) is 5.56 Å². The van der Waals surface area contributed by atoms with Gasteiger partial charge in [-0.1, -0.05) is 18.2 Å². The summed E-state index contributed by atoms with van der Waals surface area (Å²) in [6.45, 7) is 0. The van der Waals surface area contributed by atoms with Crippen molar-refractivity contribution in [3.63, 3.8) is 0 Å². The number of benzene rings is 1. The van der Waals surface area contributed by atoms with Gasteiger partial charge < -0.3 is 10.1 Å². The van der Waals surface area contributed by atoms with Crippen LogP contribution >= 0.6 is 0 Å². The molecule has 1 radical (unpaired) electrons. The second-order valence-electron chi connectivity index (χ2n) is 1.74. The SMILES string of the molecule is O=C(O[O-])c1ccccc1.[Mg+]. The fraction of sp³-hybridized carbons (Fsp3) is 0. The third kappa shape index (κ3) is 2.88. The summed E-state index contributed by atoms with van der Waals surface area (Å²) in [5, 5.41) is 9.58. The Balaban J connectivity index is 0.000001000. The molecular weight excluding hydrogens is 156 g/mol. The molecule has 0 spiro atoms. The minimum Gasteiger partial charge on any atom is -0.661 e. The van der Waals surface area contributed by atoms with Crippen LogP contribution < -0.4 is 5.26 Å². The topological polar surface area (TPSA) is 49.4 Å². The van der Waals surface area contributed by atoms with Gasteiger partial charge in [-0.3, -0.25) is 0 Å². The number of hydrogen-bond acceptors (Lipinski definition) is 3. The maximum atomic E-state index is 10.5. The summed E-state index contributed by atoms with van der Waals surface area (Å²) in [7, 11) is 0. The van der Waals surface area contributed by atoms with Crippen molar-refractivity contribution >= 4 is 29.0 Å². The Bertz CT molecular complexity index is 222. The van der Waals surface area contributed by atoms with Crippen molar-refractivity contribution in [1.29, 1.82) is 0 Å². The minimum absolute atomic E-state index is 0. The summed E-state index contributed by atoms with van der Waals surface area (Å²) in [6.07, 6.45) is 0. The molecule has 0 aromatic heterocycles. The number of hydrogen-bond donors (Lipinski definition) is 0. The maximum absolute atomic E-state index is 10.5. The summed E-state index contributed by atoms with van der Waals surface area (Å²) >= 11 is 0. The van der Waals surface area contributed by atoms with Crippen LogP contribution in [0.3, 0.4) is 0 Å². The van der Waals surface area contributed by atoms with E-state index < -0.39 is 5.97 Å². The van der Waals surface area contributed by atoms with E-state index in [0.29, 0.717) is 0 Å². The van der Waals surface area contributed by atoms with E-state index in [0.717, 1.165) is 0 Å². The summed E-state index contributed by atoms with van der Waals surface area (Å²) in [5.74, 6) is -0.847. The summed E-state index contributed by atoms with van der Waals surface area (Å²) in [5.41, 5.74) is 0.275. The van der Waals surface area contributed by atoms with Gasteiger partial charge in [-0.05, 0) is 12.1 Å². The second kappa shape index (κ2) is 5.12. The normalized spacial score (nSPS) is 8.09. The van der Waals surface area contributed by atoms with E-state index in [4.69, 9.17) is 0 Å². The van der Waals surface area contributed by atoms with Crippen molar-refractivity contribution in [2.75, 3.05) is 0 Å². The number of carbonyl (C=O) groups excluding carboxylic acids is 1.